The zero-order valence-electron chi connectivity index (χ0n) is 18.1. The third-order valence-electron chi connectivity index (χ3n) is 4.76. The Morgan fingerprint density at radius 3 is 2.66 bits per heavy atom. The van der Waals surface area contributed by atoms with Gasteiger partial charge in [0.05, 0.1) is 6.04 Å². The number of rotatable bonds is 6. The molecule has 1 atom stereocenters. The minimum absolute atomic E-state index is 0.0495. The summed E-state index contributed by atoms with van der Waals surface area (Å²) in [5.74, 6) is -0.574. The van der Waals surface area contributed by atoms with Crippen molar-refractivity contribution in [2.45, 2.75) is 51.6 Å². The fourth-order valence-corrected chi connectivity index (χ4v) is 3.48. The summed E-state index contributed by atoms with van der Waals surface area (Å²) in [6, 6.07) is 7.22. The van der Waals surface area contributed by atoms with E-state index >= 15 is 0 Å². The molecule has 0 fully saturated rings. The summed E-state index contributed by atoms with van der Waals surface area (Å²) >= 11 is 0. The molecule has 32 heavy (non-hydrogen) atoms. The van der Waals surface area contributed by atoms with Gasteiger partial charge in [0.25, 0.3) is 5.91 Å². The van der Waals surface area contributed by atoms with Crippen LogP contribution in [0.3, 0.4) is 0 Å². The average molecular weight is 453 g/mol. The summed E-state index contributed by atoms with van der Waals surface area (Å²) in [6.45, 7) is 6.19. The number of aromatic nitrogens is 1. The van der Waals surface area contributed by atoms with Crippen LogP contribution in [0.5, 0.6) is 5.75 Å². The molecule has 2 amide bonds. The Bertz CT molecular complexity index is 980. The minimum Gasteiger partial charge on any atom is -0.444 e. The first-order valence-electron chi connectivity index (χ1n) is 10.2. The molecule has 3 rings (SSSR count). The second-order valence-electron chi connectivity index (χ2n) is 8.53. The quantitative estimate of drug-likeness (QED) is 0.625. The van der Waals surface area contributed by atoms with Crippen molar-refractivity contribution in [3.05, 3.63) is 42.2 Å². The van der Waals surface area contributed by atoms with Crippen LogP contribution < -0.4 is 15.4 Å². The van der Waals surface area contributed by atoms with Crippen LogP contribution in [-0.2, 0) is 4.74 Å². The van der Waals surface area contributed by atoms with Gasteiger partial charge in [-0.3, -0.25) is 4.79 Å². The van der Waals surface area contributed by atoms with E-state index in [-0.39, 0.29) is 17.7 Å². The first kappa shape index (κ1) is 23.5. The predicted octanol–water partition coefficient (Wildman–Crippen LogP) is 4.64. The number of nitrogens with zero attached hydrogens (tertiary/aromatic N) is 1. The lowest BCUT2D eigenvalue weighted by molar-refractivity contribution is -0.274. The molecule has 0 saturated heterocycles. The van der Waals surface area contributed by atoms with E-state index in [1.807, 2.05) is 4.57 Å². The number of benzene rings is 1. The van der Waals surface area contributed by atoms with Crippen molar-refractivity contribution >= 4 is 12.0 Å². The molecule has 1 unspecified atom stereocenters. The van der Waals surface area contributed by atoms with Crippen LogP contribution in [0, 0.1) is 0 Å². The first-order chi connectivity index (χ1) is 14.9. The third kappa shape index (κ3) is 6.41. The summed E-state index contributed by atoms with van der Waals surface area (Å²) in [4.78, 5) is 24.1. The number of halogens is 3. The van der Waals surface area contributed by atoms with E-state index < -0.39 is 18.1 Å². The van der Waals surface area contributed by atoms with Crippen LogP contribution in [0.4, 0.5) is 18.0 Å². The second kappa shape index (κ2) is 9.13. The standard InChI is InChI=1S/C22H26F3N3O4/c1-21(2,3)32-20(30)26-9-5-7-16-12-27-19(29)18-11-15(13-28(16)18)14-6-4-8-17(10-14)31-22(23,24)25/h4,6,8,10-11,13,16H,5,7,9,12H2,1-3H3,(H,26,30)(H,27,29). The van der Waals surface area contributed by atoms with Gasteiger partial charge < -0.3 is 24.7 Å². The highest BCUT2D eigenvalue weighted by Crippen LogP contribution is 2.31. The first-order valence-corrected chi connectivity index (χ1v) is 10.2. The number of amides is 2. The number of carbonyl (C=O) groups excluding carboxylic acids is 2. The van der Waals surface area contributed by atoms with Gasteiger partial charge >= 0.3 is 12.5 Å². The average Bonchev–Trinajstić information content (AvgIpc) is 3.11. The lowest BCUT2D eigenvalue weighted by Crippen LogP contribution is -2.39. The van der Waals surface area contributed by atoms with Crippen LogP contribution in [0.2, 0.25) is 0 Å². The molecule has 2 heterocycles. The Morgan fingerprint density at radius 1 is 1.22 bits per heavy atom. The molecule has 1 aliphatic rings. The monoisotopic (exact) mass is 453 g/mol. The molecule has 2 aromatic rings. The molecule has 174 valence electrons. The summed E-state index contributed by atoms with van der Waals surface area (Å²) in [6.07, 6.45) is -2.18. The fourth-order valence-electron chi connectivity index (χ4n) is 3.48. The van der Waals surface area contributed by atoms with Crippen molar-refractivity contribution in [2.75, 3.05) is 13.1 Å². The number of nitrogens with one attached hydrogen (secondary N) is 2. The maximum absolute atomic E-state index is 12.5. The number of carbonyl (C=O) groups is 2. The number of hydrogen-bond acceptors (Lipinski definition) is 4. The zero-order chi connectivity index (χ0) is 23.5. The topological polar surface area (TPSA) is 81.6 Å². The van der Waals surface area contributed by atoms with Gasteiger partial charge in [0, 0.05) is 24.8 Å². The Balaban J connectivity index is 1.67. The van der Waals surface area contributed by atoms with E-state index in [0.717, 1.165) is 0 Å². The Labute approximate surface area is 183 Å². The highest BCUT2D eigenvalue weighted by Gasteiger charge is 2.31. The highest BCUT2D eigenvalue weighted by atomic mass is 19.4. The number of ether oxygens (including phenoxy) is 2. The van der Waals surface area contributed by atoms with Crippen molar-refractivity contribution in [1.82, 2.24) is 15.2 Å². The maximum Gasteiger partial charge on any atom is 0.573 e. The molecule has 7 nitrogen and oxygen atoms in total. The van der Waals surface area contributed by atoms with Crippen LogP contribution in [0.1, 0.15) is 50.1 Å². The minimum atomic E-state index is -4.78. The number of hydrogen-bond donors (Lipinski definition) is 2. The van der Waals surface area contributed by atoms with Crippen molar-refractivity contribution in [3.63, 3.8) is 0 Å². The van der Waals surface area contributed by atoms with Crippen molar-refractivity contribution in [2.24, 2.45) is 0 Å². The van der Waals surface area contributed by atoms with E-state index in [4.69, 9.17) is 4.74 Å². The summed E-state index contributed by atoms with van der Waals surface area (Å²) in [5.41, 5.74) is 0.975. The largest absolute Gasteiger partial charge is 0.573 e. The van der Waals surface area contributed by atoms with Gasteiger partial charge in [0.2, 0.25) is 0 Å². The predicted molar refractivity (Wildman–Crippen MR) is 111 cm³/mol. The van der Waals surface area contributed by atoms with E-state index in [9.17, 15) is 22.8 Å². The fraction of sp³-hybridized carbons (Fsp3) is 0.455. The molecule has 0 saturated carbocycles. The lowest BCUT2D eigenvalue weighted by atomic mass is 10.1. The van der Waals surface area contributed by atoms with Crippen molar-refractivity contribution in [3.8, 4) is 16.9 Å². The van der Waals surface area contributed by atoms with E-state index in [1.54, 1.807) is 39.1 Å². The van der Waals surface area contributed by atoms with Gasteiger partial charge in [-0.15, -0.1) is 13.2 Å². The third-order valence-corrected chi connectivity index (χ3v) is 4.76. The van der Waals surface area contributed by atoms with E-state index in [0.29, 0.717) is 42.8 Å². The molecule has 1 aromatic heterocycles. The molecule has 0 aliphatic carbocycles. The van der Waals surface area contributed by atoms with Gasteiger partial charge in [-0.1, -0.05) is 12.1 Å². The number of alkyl halides is 3. The zero-order valence-corrected chi connectivity index (χ0v) is 18.1. The molecule has 10 heteroatoms. The smallest absolute Gasteiger partial charge is 0.444 e. The molecule has 2 N–H and O–H groups in total. The number of alkyl carbamates (subject to hydrolysis) is 1. The molecule has 1 aromatic carbocycles. The summed E-state index contributed by atoms with van der Waals surface area (Å²) in [5, 5.41) is 5.53. The number of fused-ring (bicyclic) bond motifs is 1. The van der Waals surface area contributed by atoms with Gasteiger partial charge in [-0.05, 0) is 57.4 Å². The molecular weight excluding hydrogens is 427 g/mol. The van der Waals surface area contributed by atoms with Gasteiger partial charge in [0.15, 0.2) is 0 Å². The summed E-state index contributed by atoms with van der Waals surface area (Å²) in [7, 11) is 0. The van der Waals surface area contributed by atoms with Crippen LogP contribution >= 0.6 is 0 Å². The maximum atomic E-state index is 12.5. The Kier molecular flexibility index (Phi) is 6.71. The van der Waals surface area contributed by atoms with Crippen molar-refractivity contribution < 1.29 is 32.2 Å². The van der Waals surface area contributed by atoms with Crippen molar-refractivity contribution in [1.29, 1.82) is 0 Å². The van der Waals surface area contributed by atoms with Gasteiger partial charge in [-0.25, -0.2) is 4.79 Å². The van der Waals surface area contributed by atoms with Crippen LogP contribution in [-0.4, -0.2) is 41.6 Å². The normalized spacial score (nSPS) is 16.2. The summed E-state index contributed by atoms with van der Waals surface area (Å²) < 4.78 is 48.6. The van der Waals surface area contributed by atoms with Crippen LogP contribution in [0.25, 0.3) is 11.1 Å². The second-order valence-corrected chi connectivity index (χ2v) is 8.53. The van der Waals surface area contributed by atoms with E-state index in [2.05, 4.69) is 15.4 Å². The van der Waals surface area contributed by atoms with Gasteiger partial charge in [-0.2, -0.15) is 0 Å². The highest BCUT2D eigenvalue weighted by molar-refractivity contribution is 5.95. The molecule has 0 bridgehead atoms. The van der Waals surface area contributed by atoms with Gasteiger partial charge in [0.1, 0.15) is 17.0 Å². The SMILES string of the molecule is CC(C)(C)OC(=O)NCCCC1CNC(=O)c2cc(-c3cccc(OC(F)(F)F)c3)cn21. The van der Waals surface area contributed by atoms with E-state index in [1.165, 1.54) is 18.2 Å². The molecular formula is C22H26F3N3O4. The molecule has 1 aliphatic heterocycles. The Hall–Kier alpha value is -3.17. The van der Waals surface area contributed by atoms with Crippen LogP contribution in [0.15, 0.2) is 36.5 Å². The Morgan fingerprint density at radius 2 is 1.97 bits per heavy atom. The molecule has 0 spiro atoms. The lowest BCUT2D eigenvalue weighted by Gasteiger charge is -2.26. The molecule has 0 radical (unpaired) electrons.